The highest BCUT2D eigenvalue weighted by atomic mass is 79.9. The lowest BCUT2D eigenvalue weighted by molar-refractivity contribution is -0.118. The first kappa shape index (κ1) is 14.8. The molecule has 3 atom stereocenters. The molecular weight excluding hydrogens is 362 g/mol. The molecule has 0 aromatic carbocycles. The van der Waals surface area contributed by atoms with Crippen molar-refractivity contribution in [2.45, 2.75) is 38.3 Å². The molecule has 2 fully saturated rings. The smallest absolute Gasteiger partial charge is 0.242 e. The predicted octanol–water partition coefficient (Wildman–Crippen LogP) is 1.84. The van der Waals surface area contributed by atoms with Gasteiger partial charge >= 0.3 is 0 Å². The van der Waals surface area contributed by atoms with Gasteiger partial charge in [0.1, 0.15) is 10.4 Å². The van der Waals surface area contributed by atoms with Gasteiger partial charge in [0.05, 0.1) is 6.04 Å². The lowest BCUT2D eigenvalue weighted by Crippen LogP contribution is -2.38. The minimum absolute atomic E-state index is 0.0456. The Kier molecular flexibility index (Phi) is 3.46. The monoisotopic (exact) mass is 377 g/mol. The number of hydrogen-bond acceptors (Lipinski definition) is 6. The average molecular weight is 378 g/mol. The molecule has 2 aromatic rings. The van der Waals surface area contributed by atoms with E-state index < -0.39 is 0 Å². The van der Waals surface area contributed by atoms with Gasteiger partial charge in [0, 0.05) is 12.5 Å². The number of aromatic nitrogens is 3. The number of rotatable bonds is 4. The standard InChI is InChI=1S/C15H16BrN5O2/c1-8-2-3-11(16)19-13(8)20-14(22)9-4-15(5-10(15)18-9)6-12-21-17-7-23-12/h2-3,7,9-10,18H,4-6H2,1H3,(H,19,20,22)/t9-,10+,15-/m0/s1. The summed E-state index contributed by atoms with van der Waals surface area (Å²) in [4.78, 5) is 16.8. The second kappa shape index (κ2) is 5.38. The van der Waals surface area contributed by atoms with Crippen molar-refractivity contribution in [1.29, 1.82) is 0 Å². The van der Waals surface area contributed by atoms with E-state index in [-0.39, 0.29) is 17.4 Å². The zero-order valence-corrected chi connectivity index (χ0v) is 14.1. The molecule has 23 heavy (non-hydrogen) atoms. The molecule has 7 nitrogen and oxygen atoms in total. The molecule has 0 radical (unpaired) electrons. The maximum atomic E-state index is 12.5. The Morgan fingerprint density at radius 2 is 2.39 bits per heavy atom. The fourth-order valence-electron chi connectivity index (χ4n) is 3.36. The number of halogens is 1. The van der Waals surface area contributed by atoms with Gasteiger partial charge in [-0.2, -0.15) is 0 Å². The Morgan fingerprint density at radius 3 is 3.17 bits per heavy atom. The fraction of sp³-hybridized carbons (Fsp3) is 0.467. The summed E-state index contributed by atoms with van der Waals surface area (Å²) in [7, 11) is 0. The maximum absolute atomic E-state index is 12.5. The normalized spacial score (nSPS) is 28.4. The number of carbonyl (C=O) groups excluding carboxylic acids is 1. The summed E-state index contributed by atoms with van der Waals surface area (Å²) in [6, 6.07) is 3.91. The molecular formula is C15H16BrN5O2. The summed E-state index contributed by atoms with van der Waals surface area (Å²) in [6.45, 7) is 1.92. The van der Waals surface area contributed by atoms with E-state index in [4.69, 9.17) is 4.42 Å². The van der Waals surface area contributed by atoms with Crippen molar-refractivity contribution in [2.75, 3.05) is 5.32 Å². The van der Waals surface area contributed by atoms with Crippen LogP contribution in [-0.2, 0) is 11.2 Å². The Bertz CT molecular complexity index is 750. The second-order valence-corrected chi connectivity index (χ2v) is 7.15. The van der Waals surface area contributed by atoms with Crippen LogP contribution in [0.3, 0.4) is 0 Å². The fourth-order valence-corrected chi connectivity index (χ4v) is 3.67. The van der Waals surface area contributed by atoms with Gasteiger partial charge in [-0.05, 0) is 52.7 Å². The first-order valence-corrected chi connectivity index (χ1v) is 8.30. The Labute approximate surface area is 141 Å². The number of amides is 1. The first-order valence-electron chi connectivity index (χ1n) is 7.51. The average Bonchev–Trinajstić information content (AvgIpc) is 2.90. The van der Waals surface area contributed by atoms with E-state index in [1.54, 1.807) is 0 Å². The van der Waals surface area contributed by atoms with Crippen LogP contribution in [0.2, 0.25) is 0 Å². The van der Waals surface area contributed by atoms with E-state index in [2.05, 4.69) is 41.7 Å². The molecule has 8 heteroatoms. The highest BCUT2D eigenvalue weighted by Crippen LogP contribution is 2.56. The molecule has 2 aromatic heterocycles. The van der Waals surface area contributed by atoms with Crippen LogP contribution >= 0.6 is 15.9 Å². The lowest BCUT2D eigenvalue weighted by Gasteiger charge is -2.16. The number of piperidine rings is 1. The summed E-state index contributed by atoms with van der Waals surface area (Å²) in [5.41, 5.74) is 1.01. The van der Waals surface area contributed by atoms with E-state index in [0.29, 0.717) is 22.4 Å². The summed E-state index contributed by atoms with van der Waals surface area (Å²) in [5.74, 6) is 1.19. The zero-order chi connectivity index (χ0) is 16.0. The zero-order valence-electron chi connectivity index (χ0n) is 12.5. The topological polar surface area (TPSA) is 92.9 Å². The molecule has 1 amide bonds. The number of fused-ring (bicyclic) bond motifs is 1. The van der Waals surface area contributed by atoms with Crippen LogP contribution in [-0.4, -0.2) is 33.2 Å². The number of anilines is 1. The van der Waals surface area contributed by atoms with Crippen LogP contribution in [0.25, 0.3) is 0 Å². The van der Waals surface area contributed by atoms with Gasteiger partial charge in [-0.3, -0.25) is 4.79 Å². The third-order valence-corrected chi connectivity index (χ3v) is 5.17. The number of aryl methyl sites for hydroxylation is 1. The minimum atomic E-state index is -0.211. The number of hydrogen-bond donors (Lipinski definition) is 2. The number of carbonyl (C=O) groups is 1. The maximum Gasteiger partial charge on any atom is 0.242 e. The summed E-state index contributed by atoms with van der Waals surface area (Å²) in [6.07, 6.45) is 3.90. The van der Waals surface area contributed by atoms with Gasteiger partial charge in [-0.1, -0.05) is 6.07 Å². The Balaban J connectivity index is 1.42. The molecule has 0 bridgehead atoms. The summed E-state index contributed by atoms with van der Waals surface area (Å²) in [5, 5.41) is 14.0. The third-order valence-electron chi connectivity index (χ3n) is 4.73. The van der Waals surface area contributed by atoms with Crippen LogP contribution in [0.5, 0.6) is 0 Å². The van der Waals surface area contributed by atoms with Crippen molar-refractivity contribution >= 4 is 27.7 Å². The quantitative estimate of drug-likeness (QED) is 0.789. The van der Waals surface area contributed by atoms with E-state index in [1.807, 2.05) is 19.1 Å². The molecule has 2 N–H and O–H groups in total. The van der Waals surface area contributed by atoms with Gasteiger partial charge < -0.3 is 15.1 Å². The van der Waals surface area contributed by atoms with Crippen molar-refractivity contribution in [3.8, 4) is 0 Å². The van der Waals surface area contributed by atoms with Crippen molar-refractivity contribution < 1.29 is 9.21 Å². The third kappa shape index (κ3) is 2.76. The highest BCUT2D eigenvalue weighted by molar-refractivity contribution is 9.10. The van der Waals surface area contributed by atoms with Crippen LogP contribution in [0.15, 0.2) is 27.5 Å². The number of nitrogens with zero attached hydrogens (tertiary/aromatic N) is 3. The second-order valence-electron chi connectivity index (χ2n) is 6.34. The Hall–Kier alpha value is -1.80. The van der Waals surface area contributed by atoms with Crippen molar-refractivity contribution in [2.24, 2.45) is 5.41 Å². The van der Waals surface area contributed by atoms with Gasteiger partial charge in [0.25, 0.3) is 0 Å². The SMILES string of the molecule is Cc1ccc(Br)nc1NC(=O)[C@@H]1C[C@@]2(Cc3nnco3)C[C@H]2N1. The van der Waals surface area contributed by atoms with Gasteiger partial charge in [0.15, 0.2) is 0 Å². The Morgan fingerprint density at radius 1 is 1.52 bits per heavy atom. The molecule has 1 saturated heterocycles. The first-order chi connectivity index (χ1) is 11.1. The summed E-state index contributed by atoms with van der Waals surface area (Å²) >= 11 is 3.33. The van der Waals surface area contributed by atoms with Crippen molar-refractivity contribution in [3.63, 3.8) is 0 Å². The van der Waals surface area contributed by atoms with Crippen LogP contribution < -0.4 is 10.6 Å². The van der Waals surface area contributed by atoms with Crippen LogP contribution in [0, 0.1) is 12.3 Å². The molecule has 1 aliphatic carbocycles. The van der Waals surface area contributed by atoms with E-state index in [1.165, 1.54) is 6.39 Å². The highest BCUT2D eigenvalue weighted by Gasteiger charge is 2.61. The molecule has 0 unspecified atom stereocenters. The van der Waals surface area contributed by atoms with Gasteiger partial charge in [0.2, 0.25) is 18.2 Å². The number of pyridine rings is 1. The minimum Gasteiger partial charge on any atom is -0.428 e. The molecule has 1 saturated carbocycles. The van der Waals surface area contributed by atoms with Crippen molar-refractivity contribution in [1.82, 2.24) is 20.5 Å². The van der Waals surface area contributed by atoms with Crippen molar-refractivity contribution in [3.05, 3.63) is 34.6 Å². The van der Waals surface area contributed by atoms with Gasteiger partial charge in [-0.15, -0.1) is 10.2 Å². The predicted molar refractivity (Wildman–Crippen MR) is 85.7 cm³/mol. The molecule has 2 aliphatic rings. The van der Waals surface area contributed by atoms with Crippen LogP contribution in [0.1, 0.15) is 24.3 Å². The number of nitrogens with one attached hydrogen (secondary N) is 2. The molecule has 0 spiro atoms. The van der Waals surface area contributed by atoms with Crippen LogP contribution in [0.4, 0.5) is 5.82 Å². The molecule has 4 rings (SSSR count). The van der Waals surface area contributed by atoms with Gasteiger partial charge in [-0.25, -0.2) is 4.98 Å². The summed E-state index contributed by atoms with van der Waals surface area (Å²) < 4.78 is 5.94. The van der Waals surface area contributed by atoms with E-state index >= 15 is 0 Å². The molecule has 3 heterocycles. The van der Waals surface area contributed by atoms with E-state index in [9.17, 15) is 4.79 Å². The largest absolute Gasteiger partial charge is 0.428 e. The molecule has 120 valence electrons. The van der Waals surface area contributed by atoms with E-state index in [0.717, 1.165) is 24.8 Å². The molecule has 1 aliphatic heterocycles. The lowest BCUT2D eigenvalue weighted by atomic mass is 9.95.